The molecule has 5 nitrogen and oxygen atoms in total. The van der Waals surface area contributed by atoms with Crippen molar-refractivity contribution in [1.29, 1.82) is 0 Å². The normalized spacial score (nSPS) is 22.9. The Morgan fingerprint density at radius 3 is 2.63 bits per heavy atom. The molecule has 1 N–H and O–H groups in total. The monoisotopic (exact) mass is 261 g/mol. The molecule has 1 saturated heterocycles. The van der Waals surface area contributed by atoms with Gasteiger partial charge in [-0.2, -0.15) is 0 Å². The summed E-state index contributed by atoms with van der Waals surface area (Å²) in [6.07, 6.45) is 0.742. The number of rotatable bonds is 3. The third-order valence-corrected chi connectivity index (χ3v) is 3.64. The third-order valence-electron chi connectivity index (χ3n) is 3.64. The number of carbonyl (C=O) groups is 3. The maximum absolute atomic E-state index is 12.3. The Labute approximate surface area is 110 Å². The molecule has 1 heterocycles. The third kappa shape index (κ3) is 2.12. The number of carboxylic acids is 1. The second-order valence-electron chi connectivity index (χ2n) is 4.98. The summed E-state index contributed by atoms with van der Waals surface area (Å²) in [6, 6.07) is 5.88. The zero-order chi connectivity index (χ0) is 14.2. The van der Waals surface area contributed by atoms with Gasteiger partial charge in [-0.3, -0.25) is 14.5 Å². The number of amides is 2. The molecular weight excluding hydrogens is 246 g/mol. The predicted molar refractivity (Wildman–Crippen MR) is 68.9 cm³/mol. The van der Waals surface area contributed by atoms with Gasteiger partial charge in [0.05, 0.1) is 16.7 Å². The van der Waals surface area contributed by atoms with E-state index in [-0.39, 0.29) is 23.8 Å². The highest BCUT2D eigenvalue weighted by molar-refractivity contribution is 6.22. The lowest BCUT2D eigenvalue weighted by Crippen LogP contribution is -2.34. The molecule has 100 valence electrons. The van der Waals surface area contributed by atoms with E-state index in [0.717, 1.165) is 4.90 Å². The first-order valence-corrected chi connectivity index (χ1v) is 6.10. The number of aromatic carboxylic acids is 1. The van der Waals surface area contributed by atoms with Crippen molar-refractivity contribution < 1.29 is 19.5 Å². The van der Waals surface area contributed by atoms with Gasteiger partial charge in [-0.1, -0.05) is 19.9 Å². The van der Waals surface area contributed by atoms with E-state index in [9.17, 15) is 14.4 Å². The number of carboxylic acid groups (broad SMARTS) is 1. The van der Waals surface area contributed by atoms with Gasteiger partial charge in [0, 0.05) is 6.42 Å². The van der Waals surface area contributed by atoms with Crippen molar-refractivity contribution in [3.05, 3.63) is 29.8 Å². The van der Waals surface area contributed by atoms with Crippen LogP contribution < -0.4 is 4.90 Å². The first-order valence-electron chi connectivity index (χ1n) is 6.10. The Hall–Kier alpha value is -2.17. The molecule has 1 atom stereocenters. The highest BCUT2D eigenvalue weighted by Crippen LogP contribution is 2.38. The Morgan fingerprint density at radius 1 is 1.42 bits per heavy atom. The smallest absolute Gasteiger partial charge is 0.335 e. The molecule has 0 saturated carbocycles. The minimum absolute atomic E-state index is 0.0585. The van der Waals surface area contributed by atoms with Crippen molar-refractivity contribution in [3.8, 4) is 0 Å². The van der Waals surface area contributed by atoms with Crippen LogP contribution in [0.2, 0.25) is 0 Å². The van der Waals surface area contributed by atoms with E-state index in [2.05, 4.69) is 0 Å². The number of anilines is 1. The van der Waals surface area contributed by atoms with Crippen LogP contribution in [0.25, 0.3) is 0 Å². The molecule has 1 aliphatic rings. The van der Waals surface area contributed by atoms with Crippen LogP contribution in [0.15, 0.2) is 24.3 Å². The fourth-order valence-electron chi connectivity index (χ4n) is 2.19. The van der Waals surface area contributed by atoms with Gasteiger partial charge in [-0.15, -0.1) is 0 Å². The fourth-order valence-corrected chi connectivity index (χ4v) is 2.19. The Kier molecular flexibility index (Phi) is 3.14. The van der Waals surface area contributed by atoms with Crippen LogP contribution in [-0.2, 0) is 9.59 Å². The number of hydrogen-bond acceptors (Lipinski definition) is 3. The molecule has 2 amide bonds. The Morgan fingerprint density at radius 2 is 2.11 bits per heavy atom. The number of carbonyl (C=O) groups excluding carboxylic acids is 2. The molecule has 19 heavy (non-hydrogen) atoms. The average Bonchev–Trinajstić information content (AvgIpc) is 2.61. The summed E-state index contributed by atoms with van der Waals surface area (Å²) in [7, 11) is 0. The van der Waals surface area contributed by atoms with Crippen LogP contribution in [0.1, 0.15) is 37.0 Å². The predicted octanol–water partition coefficient (Wildman–Crippen LogP) is 2.06. The lowest BCUT2D eigenvalue weighted by atomic mass is 9.86. The van der Waals surface area contributed by atoms with Gasteiger partial charge in [-0.25, -0.2) is 4.79 Å². The summed E-state index contributed by atoms with van der Waals surface area (Å²) in [5.41, 5.74) is -0.300. The van der Waals surface area contributed by atoms with Gasteiger partial charge in [0.15, 0.2) is 0 Å². The van der Waals surface area contributed by atoms with E-state index >= 15 is 0 Å². The molecule has 0 aromatic heterocycles. The number of hydrogen-bond donors (Lipinski definition) is 1. The minimum atomic E-state index is -1.08. The number of imide groups is 1. The molecule has 5 heteroatoms. The highest BCUT2D eigenvalue weighted by atomic mass is 16.4. The molecule has 1 fully saturated rings. The van der Waals surface area contributed by atoms with E-state index in [4.69, 9.17) is 5.11 Å². The average molecular weight is 261 g/mol. The van der Waals surface area contributed by atoms with E-state index in [0.29, 0.717) is 12.1 Å². The van der Waals surface area contributed by atoms with Crippen LogP contribution in [0, 0.1) is 5.41 Å². The summed E-state index contributed by atoms with van der Waals surface area (Å²) >= 11 is 0. The van der Waals surface area contributed by atoms with E-state index in [1.165, 1.54) is 18.2 Å². The fraction of sp³-hybridized carbons (Fsp3) is 0.357. The van der Waals surface area contributed by atoms with Crippen LogP contribution in [-0.4, -0.2) is 22.9 Å². The molecule has 1 aliphatic heterocycles. The molecule has 2 rings (SSSR count). The van der Waals surface area contributed by atoms with Gasteiger partial charge >= 0.3 is 5.97 Å². The quantitative estimate of drug-likeness (QED) is 0.845. The zero-order valence-electron chi connectivity index (χ0n) is 10.8. The SMILES string of the molecule is CCC1(C)CC(=O)N(c2cccc(C(=O)O)c2)C1=O. The Bertz CT molecular complexity index is 566. The van der Waals surface area contributed by atoms with Crippen molar-refractivity contribution in [2.75, 3.05) is 4.90 Å². The second-order valence-corrected chi connectivity index (χ2v) is 4.98. The lowest BCUT2D eigenvalue weighted by Gasteiger charge is -2.20. The first kappa shape index (κ1) is 13.3. The molecule has 1 aromatic carbocycles. The van der Waals surface area contributed by atoms with Crippen LogP contribution >= 0.6 is 0 Å². The summed E-state index contributed by atoms with van der Waals surface area (Å²) in [4.78, 5) is 36.3. The van der Waals surface area contributed by atoms with E-state index in [1.54, 1.807) is 13.0 Å². The summed E-state index contributed by atoms with van der Waals surface area (Å²) < 4.78 is 0. The lowest BCUT2D eigenvalue weighted by molar-refractivity contribution is -0.125. The summed E-state index contributed by atoms with van der Waals surface area (Å²) in [6.45, 7) is 3.62. The molecule has 0 spiro atoms. The second kappa shape index (κ2) is 4.50. The van der Waals surface area contributed by atoms with Gasteiger partial charge in [0.1, 0.15) is 0 Å². The van der Waals surface area contributed by atoms with E-state index in [1.807, 2.05) is 6.92 Å². The molecule has 1 aromatic rings. The summed E-state index contributed by atoms with van der Waals surface area (Å²) in [5, 5.41) is 8.94. The van der Waals surface area contributed by atoms with Gasteiger partial charge in [0.25, 0.3) is 0 Å². The largest absolute Gasteiger partial charge is 0.478 e. The molecule has 0 bridgehead atoms. The molecule has 1 unspecified atom stereocenters. The minimum Gasteiger partial charge on any atom is -0.478 e. The van der Waals surface area contributed by atoms with Crippen LogP contribution in [0.3, 0.4) is 0 Å². The molecular formula is C14H15NO4. The van der Waals surface area contributed by atoms with Crippen LogP contribution in [0.4, 0.5) is 5.69 Å². The molecule has 0 aliphatic carbocycles. The van der Waals surface area contributed by atoms with Gasteiger partial charge in [-0.05, 0) is 24.6 Å². The van der Waals surface area contributed by atoms with Crippen molar-refractivity contribution >= 4 is 23.5 Å². The summed E-state index contributed by atoms with van der Waals surface area (Å²) in [5.74, 6) is -1.63. The maximum atomic E-state index is 12.3. The first-order chi connectivity index (χ1) is 8.89. The van der Waals surface area contributed by atoms with Gasteiger partial charge in [0.2, 0.25) is 11.8 Å². The van der Waals surface area contributed by atoms with Crippen molar-refractivity contribution in [1.82, 2.24) is 0 Å². The zero-order valence-corrected chi connectivity index (χ0v) is 10.8. The van der Waals surface area contributed by atoms with Crippen molar-refractivity contribution in [2.24, 2.45) is 5.41 Å². The maximum Gasteiger partial charge on any atom is 0.335 e. The highest BCUT2D eigenvalue weighted by Gasteiger charge is 2.47. The van der Waals surface area contributed by atoms with Crippen molar-refractivity contribution in [2.45, 2.75) is 26.7 Å². The number of nitrogens with zero attached hydrogens (tertiary/aromatic N) is 1. The molecule has 0 radical (unpaired) electrons. The standard InChI is InChI=1S/C14H15NO4/c1-3-14(2)8-11(16)15(13(14)19)10-6-4-5-9(7-10)12(17)18/h4-7H,3,8H2,1-2H3,(H,17,18). The number of benzene rings is 1. The topological polar surface area (TPSA) is 74.7 Å². The van der Waals surface area contributed by atoms with E-state index < -0.39 is 11.4 Å². The van der Waals surface area contributed by atoms with Gasteiger partial charge < -0.3 is 5.11 Å². The van der Waals surface area contributed by atoms with Crippen LogP contribution in [0.5, 0.6) is 0 Å². The van der Waals surface area contributed by atoms with Crippen molar-refractivity contribution in [3.63, 3.8) is 0 Å². The Balaban J connectivity index is 2.42.